The average Bonchev–Trinajstić information content (AvgIpc) is 3.22. The van der Waals surface area contributed by atoms with E-state index in [9.17, 15) is 29.4 Å². The molecule has 0 spiro atoms. The zero-order valence-electron chi connectivity index (χ0n) is 18.6. The Hall–Kier alpha value is -3.44. The topological polar surface area (TPSA) is 187 Å². The van der Waals surface area contributed by atoms with Crippen LogP contribution in [0, 0.1) is 5.92 Å². The predicted molar refractivity (Wildman–Crippen MR) is 121 cm³/mol. The first kappa shape index (κ1) is 25.8. The number of rotatable bonds is 12. The minimum Gasteiger partial charge on any atom is -0.480 e. The monoisotopic (exact) mass is 461 g/mol. The van der Waals surface area contributed by atoms with E-state index in [-0.39, 0.29) is 18.9 Å². The van der Waals surface area contributed by atoms with Gasteiger partial charge in [0, 0.05) is 23.5 Å². The number of nitrogens with one attached hydrogen (secondary N) is 4. The highest BCUT2D eigenvalue weighted by Crippen LogP contribution is 2.19. The van der Waals surface area contributed by atoms with Gasteiger partial charge in [-0.2, -0.15) is 0 Å². The van der Waals surface area contributed by atoms with E-state index in [1.54, 1.807) is 13.1 Å². The van der Waals surface area contributed by atoms with Crippen LogP contribution in [0.25, 0.3) is 10.9 Å². The molecule has 4 atom stereocenters. The molecule has 0 saturated carbocycles. The van der Waals surface area contributed by atoms with Crippen LogP contribution in [0.15, 0.2) is 30.5 Å². The first-order valence-electron chi connectivity index (χ1n) is 10.7. The molecule has 2 aromatic rings. The number of H-pyrrole nitrogens is 1. The van der Waals surface area contributed by atoms with Crippen molar-refractivity contribution in [3.63, 3.8) is 0 Å². The van der Waals surface area contributed by atoms with Crippen LogP contribution in [0.4, 0.5) is 0 Å². The maximum atomic E-state index is 12.7. The molecule has 8 N–H and O–H groups in total. The normalized spacial score (nSPS) is 14.7. The number of aromatic nitrogens is 1. The molecule has 1 aromatic carbocycles. The van der Waals surface area contributed by atoms with Crippen molar-refractivity contribution >= 4 is 34.6 Å². The van der Waals surface area contributed by atoms with Crippen LogP contribution < -0.4 is 21.7 Å². The van der Waals surface area contributed by atoms with Gasteiger partial charge in [0.1, 0.15) is 18.1 Å². The van der Waals surface area contributed by atoms with E-state index in [1.165, 1.54) is 0 Å². The maximum Gasteiger partial charge on any atom is 0.326 e. The van der Waals surface area contributed by atoms with Gasteiger partial charge < -0.3 is 36.9 Å². The van der Waals surface area contributed by atoms with Gasteiger partial charge in [0.05, 0.1) is 13.2 Å². The quantitative estimate of drug-likeness (QED) is 0.216. The third-order valence-corrected chi connectivity index (χ3v) is 5.53. The molecule has 3 amide bonds. The lowest BCUT2D eigenvalue weighted by molar-refractivity contribution is -0.142. The van der Waals surface area contributed by atoms with Crippen molar-refractivity contribution in [1.29, 1.82) is 0 Å². The highest BCUT2D eigenvalue weighted by atomic mass is 16.4. The largest absolute Gasteiger partial charge is 0.480 e. The van der Waals surface area contributed by atoms with Crippen LogP contribution in [-0.4, -0.2) is 70.2 Å². The Morgan fingerprint density at radius 1 is 1.06 bits per heavy atom. The Bertz CT molecular complexity index is 991. The molecule has 180 valence electrons. The van der Waals surface area contributed by atoms with Crippen molar-refractivity contribution in [1.82, 2.24) is 20.9 Å². The summed E-state index contributed by atoms with van der Waals surface area (Å²) in [7, 11) is 0. The number of hydrogen-bond donors (Lipinski definition) is 7. The van der Waals surface area contributed by atoms with Crippen LogP contribution >= 0.6 is 0 Å². The molecule has 0 saturated heterocycles. The number of aromatic amines is 1. The smallest absolute Gasteiger partial charge is 0.326 e. The number of fused-ring (bicyclic) bond motifs is 1. The SMILES string of the molecule is CCC(C)C(NC(=O)CN)C(=O)NC(CO)C(=O)NC(Cc1c[nH]c2ccccc12)C(=O)O. The van der Waals surface area contributed by atoms with Crippen LogP contribution in [-0.2, 0) is 25.6 Å². The summed E-state index contributed by atoms with van der Waals surface area (Å²) in [4.78, 5) is 51.9. The number of carboxylic acids is 1. The van der Waals surface area contributed by atoms with Gasteiger partial charge in [0.15, 0.2) is 0 Å². The van der Waals surface area contributed by atoms with Gasteiger partial charge in [-0.1, -0.05) is 38.5 Å². The van der Waals surface area contributed by atoms with Crippen molar-refractivity contribution < 1.29 is 29.4 Å². The molecular formula is C22H31N5O6. The summed E-state index contributed by atoms with van der Waals surface area (Å²) in [6.07, 6.45) is 2.23. The molecule has 0 aliphatic carbocycles. The van der Waals surface area contributed by atoms with Gasteiger partial charge in [-0.25, -0.2) is 4.79 Å². The van der Waals surface area contributed by atoms with E-state index in [0.717, 1.165) is 10.9 Å². The van der Waals surface area contributed by atoms with Crippen LogP contribution in [0.2, 0.25) is 0 Å². The van der Waals surface area contributed by atoms with Crippen molar-refractivity contribution in [2.75, 3.05) is 13.2 Å². The van der Waals surface area contributed by atoms with Crippen molar-refractivity contribution in [2.45, 2.75) is 44.8 Å². The van der Waals surface area contributed by atoms with Gasteiger partial charge in [-0.05, 0) is 17.5 Å². The molecule has 0 bridgehead atoms. The van der Waals surface area contributed by atoms with Gasteiger partial charge in [-0.15, -0.1) is 0 Å². The summed E-state index contributed by atoms with van der Waals surface area (Å²) in [6.45, 7) is 2.52. The first-order valence-corrected chi connectivity index (χ1v) is 10.7. The van der Waals surface area contributed by atoms with E-state index >= 15 is 0 Å². The van der Waals surface area contributed by atoms with E-state index in [1.807, 2.05) is 31.2 Å². The van der Waals surface area contributed by atoms with E-state index in [4.69, 9.17) is 5.73 Å². The number of benzene rings is 1. The fraction of sp³-hybridized carbons (Fsp3) is 0.455. The zero-order valence-corrected chi connectivity index (χ0v) is 18.6. The van der Waals surface area contributed by atoms with Gasteiger partial charge >= 0.3 is 5.97 Å². The van der Waals surface area contributed by atoms with Crippen molar-refractivity contribution in [2.24, 2.45) is 11.7 Å². The number of nitrogens with two attached hydrogens (primary N) is 1. The van der Waals surface area contributed by atoms with Crippen molar-refractivity contribution in [3.8, 4) is 0 Å². The van der Waals surface area contributed by atoms with Crippen LogP contribution in [0.5, 0.6) is 0 Å². The lowest BCUT2D eigenvalue weighted by Gasteiger charge is -2.26. The Morgan fingerprint density at radius 3 is 2.33 bits per heavy atom. The molecule has 11 heteroatoms. The van der Waals surface area contributed by atoms with Gasteiger partial charge in [-0.3, -0.25) is 14.4 Å². The number of carboxylic acid groups (broad SMARTS) is 1. The molecule has 1 heterocycles. The van der Waals surface area contributed by atoms with E-state index in [0.29, 0.717) is 12.0 Å². The third-order valence-electron chi connectivity index (χ3n) is 5.53. The number of aliphatic hydroxyl groups excluding tert-OH is 1. The predicted octanol–water partition coefficient (Wildman–Crippen LogP) is -0.753. The molecule has 11 nitrogen and oxygen atoms in total. The summed E-state index contributed by atoms with van der Waals surface area (Å²) >= 11 is 0. The first-order chi connectivity index (χ1) is 15.7. The maximum absolute atomic E-state index is 12.7. The van der Waals surface area contributed by atoms with Crippen molar-refractivity contribution in [3.05, 3.63) is 36.0 Å². The summed E-state index contributed by atoms with van der Waals surface area (Å²) in [5.41, 5.74) is 6.84. The zero-order chi connectivity index (χ0) is 24.5. The van der Waals surface area contributed by atoms with Gasteiger partial charge in [0.2, 0.25) is 17.7 Å². The molecule has 1 aromatic heterocycles. The number of aliphatic carboxylic acids is 1. The molecule has 0 radical (unpaired) electrons. The Morgan fingerprint density at radius 2 is 1.73 bits per heavy atom. The molecular weight excluding hydrogens is 430 g/mol. The second kappa shape index (κ2) is 12.0. The molecule has 0 aliphatic rings. The summed E-state index contributed by atoms with van der Waals surface area (Å²) in [5.74, 6) is -3.60. The third kappa shape index (κ3) is 6.77. The fourth-order valence-corrected chi connectivity index (χ4v) is 3.38. The number of hydrogen-bond acceptors (Lipinski definition) is 6. The number of para-hydroxylation sites is 1. The Balaban J connectivity index is 2.10. The Labute approximate surface area is 191 Å². The molecule has 2 rings (SSSR count). The lowest BCUT2D eigenvalue weighted by atomic mass is 9.98. The summed E-state index contributed by atoms with van der Waals surface area (Å²) in [6, 6.07) is 3.70. The van der Waals surface area contributed by atoms with Gasteiger partial charge in [0.25, 0.3) is 0 Å². The summed E-state index contributed by atoms with van der Waals surface area (Å²) in [5, 5.41) is 27.4. The highest BCUT2D eigenvalue weighted by molar-refractivity contribution is 5.94. The minimum atomic E-state index is -1.40. The second-order valence-electron chi connectivity index (χ2n) is 7.84. The molecule has 33 heavy (non-hydrogen) atoms. The highest BCUT2D eigenvalue weighted by Gasteiger charge is 2.31. The van der Waals surface area contributed by atoms with E-state index < -0.39 is 48.4 Å². The minimum absolute atomic E-state index is 0.000761. The second-order valence-corrected chi connectivity index (χ2v) is 7.84. The lowest BCUT2D eigenvalue weighted by Crippen LogP contribution is -2.58. The summed E-state index contributed by atoms with van der Waals surface area (Å²) < 4.78 is 0. The number of amides is 3. The number of carbonyl (C=O) groups excluding carboxylic acids is 3. The molecule has 0 fully saturated rings. The Kier molecular flexibility index (Phi) is 9.37. The fourth-order valence-electron chi connectivity index (χ4n) is 3.38. The standard InChI is InChI=1S/C22H31N5O6/c1-3-12(2)19(27-18(29)9-23)21(31)26-17(11-28)20(30)25-16(22(32)33)8-13-10-24-15-7-5-4-6-14(13)15/h4-7,10,12,16-17,19,24,28H,3,8-9,11,23H2,1-2H3,(H,25,30)(H,26,31)(H,27,29)(H,32,33). The van der Waals surface area contributed by atoms with E-state index in [2.05, 4.69) is 20.9 Å². The average molecular weight is 462 g/mol. The van der Waals surface area contributed by atoms with Crippen LogP contribution in [0.1, 0.15) is 25.8 Å². The number of aliphatic hydroxyl groups is 1. The van der Waals surface area contributed by atoms with Crippen LogP contribution in [0.3, 0.4) is 0 Å². The molecule has 0 aliphatic heterocycles. The molecule has 4 unspecified atom stereocenters. The number of carbonyl (C=O) groups is 4.